The van der Waals surface area contributed by atoms with Crippen LogP contribution in [0, 0.1) is 29.5 Å². The van der Waals surface area contributed by atoms with Crippen molar-refractivity contribution in [3.63, 3.8) is 0 Å². The van der Waals surface area contributed by atoms with Gasteiger partial charge in [0.1, 0.15) is 0 Å². The molecule has 0 amide bonds. The highest BCUT2D eigenvalue weighted by atomic mass is 19.4. The van der Waals surface area contributed by atoms with Crippen LogP contribution in [0.5, 0.6) is 5.75 Å². The van der Waals surface area contributed by atoms with E-state index in [0.29, 0.717) is 17.8 Å². The van der Waals surface area contributed by atoms with Gasteiger partial charge >= 0.3 is 6.36 Å². The Hall–Kier alpha value is -3.26. The lowest BCUT2D eigenvalue weighted by Crippen LogP contribution is -2.24. The summed E-state index contributed by atoms with van der Waals surface area (Å²) >= 11 is 0. The SMILES string of the molecule is C=CCC1CCCCC1C(C)c1ccc2c(C#Cc3ccc(OC(F)(F)F)c(F)c3)cccc2c1. The lowest BCUT2D eigenvalue weighted by Gasteiger charge is -2.35. The van der Waals surface area contributed by atoms with Crippen LogP contribution in [0.4, 0.5) is 17.6 Å². The minimum atomic E-state index is -4.95. The Labute approximate surface area is 203 Å². The number of halogens is 4. The van der Waals surface area contributed by atoms with Crippen molar-refractivity contribution in [1.29, 1.82) is 0 Å². The van der Waals surface area contributed by atoms with Crippen LogP contribution in [0.1, 0.15) is 61.6 Å². The maximum Gasteiger partial charge on any atom is 0.573 e. The third-order valence-corrected chi connectivity index (χ3v) is 7.01. The summed E-state index contributed by atoms with van der Waals surface area (Å²) in [6.45, 7) is 6.27. The fourth-order valence-corrected chi connectivity index (χ4v) is 5.27. The predicted molar refractivity (Wildman–Crippen MR) is 132 cm³/mol. The van der Waals surface area contributed by atoms with Crippen LogP contribution in [0.25, 0.3) is 10.8 Å². The molecule has 0 radical (unpaired) electrons. The van der Waals surface area contributed by atoms with Crippen LogP contribution >= 0.6 is 0 Å². The average molecular weight is 481 g/mol. The summed E-state index contributed by atoms with van der Waals surface area (Å²) in [7, 11) is 0. The Morgan fingerprint density at radius 1 is 1.06 bits per heavy atom. The van der Waals surface area contributed by atoms with Gasteiger partial charge < -0.3 is 4.74 Å². The third kappa shape index (κ3) is 6.06. The Balaban J connectivity index is 1.58. The van der Waals surface area contributed by atoms with Crippen molar-refractivity contribution in [3.05, 3.63) is 89.8 Å². The summed E-state index contributed by atoms with van der Waals surface area (Å²) in [5.74, 6) is 5.68. The van der Waals surface area contributed by atoms with Crippen molar-refractivity contribution in [1.82, 2.24) is 0 Å². The third-order valence-electron chi connectivity index (χ3n) is 7.01. The molecule has 1 nitrogen and oxygen atoms in total. The zero-order chi connectivity index (χ0) is 25.0. The number of hydrogen-bond donors (Lipinski definition) is 0. The molecule has 1 aliphatic rings. The maximum atomic E-state index is 14.0. The predicted octanol–water partition coefficient (Wildman–Crippen LogP) is 8.76. The first-order valence-electron chi connectivity index (χ1n) is 12.0. The molecular formula is C30H28F4O. The molecule has 0 saturated heterocycles. The first-order valence-corrected chi connectivity index (χ1v) is 12.0. The largest absolute Gasteiger partial charge is 0.573 e. The molecule has 0 aliphatic heterocycles. The van der Waals surface area contributed by atoms with Gasteiger partial charge in [0, 0.05) is 11.1 Å². The Kier molecular flexibility index (Phi) is 7.50. The Morgan fingerprint density at radius 3 is 2.60 bits per heavy atom. The molecule has 5 heteroatoms. The van der Waals surface area contributed by atoms with Crippen molar-refractivity contribution < 1.29 is 22.3 Å². The number of hydrogen-bond acceptors (Lipinski definition) is 1. The number of ether oxygens (including phenoxy) is 1. The molecule has 4 rings (SSSR count). The van der Waals surface area contributed by atoms with E-state index in [9.17, 15) is 17.6 Å². The van der Waals surface area contributed by atoms with Gasteiger partial charge in [-0.2, -0.15) is 0 Å². The molecule has 3 aromatic carbocycles. The smallest absolute Gasteiger partial charge is 0.403 e. The number of allylic oxidation sites excluding steroid dienone is 1. The van der Waals surface area contributed by atoms with Crippen LogP contribution in [0.2, 0.25) is 0 Å². The Morgan fingerprint density at radius 2 is 1.86 bits per heavy atom. The number of alkyl halides is 3. The number of benzene rings is 3. The van der Waals surface area contributed by atoms with Crippen LogP contribution in [0.15, 0.2) is 67.3 Å². The van der Waals surface area contributed by atoms with Crippen molar-refractivity contribution in [2.45, 2.75) is 51.3 Å². The highest BCUT2D eigenvalue weighted by Gasteiger charge is 2.32. The monoisotopic (exact) mass is 480 g/mol. The van der Waals surface area contributed by atoms with Gasteiger partial charge in [-0.25, -0.2) is 4.39 Å². The second-order valence-corrected chi connectivity index (χ2v) is 9.25. The van der Waals surface area contributed by atoms with E-state index >= 15 is 0 Å². The molecule has 182 valence electrons. The molecule has 0 spiro atoms. The lowest BCUT2D eigenvalue weighted by atomic mass is 9.69. The normalized spacial score (nSPS) is 19.0. The van der Waals surface area contributed by atoms with Crippen molar-refractivity contribution >= 4 is 10.8 Å². The highest BCUT2D eigenvalue weighted by Crippen LogP contribution is 2.42. The van der Waals surface area contributed by atoms with Gasteiger partial charge in [0.05, 0.1) is 0 Å². The topological polar surface area (TPSA) is 9.23 Å². The van der Waals surface area contributed by atoms with E-state index < -0.39 is 17.9 Å². The summed E-state index contributed by atoms with van der Waals surface area (Å²) in [5.41, 5.74) is 2.36. The van der Waals surface area contributed by atoms with E-state index in [1.165, 1.54) is 37.3 Å². The first kappa shape index (κ1) is 24.9. The molecule has 1 saturated carbocycles. The minimum Gasteiger partial charge on any atom is -0.403 e. The van der Waals surface area contributed by atoms with Gasteiger partial charge in [-0.1, -0.05) is 68.0 Å². The second kappa shape index (κ2) is 10.6. The van der Waals surface area contributed by atoms with Gasteiger partial charge in [-0.05, 0) is 77.6 Å². The summed E-state index contributed by atoms with van der Waals surface area (Å²) in [6.07, 6.45) is 3.24. The molecule has 3 aromatic rings. The molecule has 0 heterocycles. The average Bonchev–Trinajstić information content (AvgIpc) is 2.83. The number of rotatable bonds is 5. The van der Waals surface area contributed by atoms with Crippen LogP contribution in [0.3, 0.4) is 0 Å². The fraction of sp³-hybridized carbons (Fsp3) is 0.333. The fourth-order valence-electron chi connectivity index (χ4n) is 5.27. The van der Waals surface area contributed by atoms with Gasteiger partial charge in [-0.3, -0.25) is 0 Å². The van der Waals surface area contributed by atoms with Crippen molar-refractivity contribution in [2.75, 3.05) is 0 Å². The molecule has 1 fully saturated rings. The van der Waals surface area contributed by atoms with E-state index in [-0.39, 0.29) is 5.56 Å². The summed E-state index contributed by atoms with van der Waals surface area (Å²) < 4.78 is 54.8. The molecule has 3 atom stereocenters. The van der Waals surface area contributed by atoms with Crippen molar-refractivity contribution in [3.8, 4) is 17.6 Å². The molecule has 35 heavy (non-hydrogen) atoms. The summed E-state index contributed by atoms with van der Waals surface area (Å²) in [6, 6.07) is 15.6. The summed E-state index contributed by atoms with van der Waals surface area (Å²) in [4.78, 5) is 0. The summed E-state index contributed by atoms with van der Waals surface area (Å²) in [5, 5.41) is 2.07. The maximum absolute atomic E-state index is 14.0. The van der Waals surface area contributed by atoms with Gasteiger partial charge in [0.25, 0.3) is 0 Å². The van der Waals surface area contributed by atoms with Crippen LogP contribution < -0.4 is 4.74 Å². The molecule has 0 N–H and O–H groups in total. The molecular weight excluding hydrogens is 452 g/mol. The van der Waals surface area contributed by atoms with E-state index in [0.717, 1.165) is 34.9 Å². The quantitative estimate of drug-likeness (QED) is 0.201. The number of fused-ring (bicyclic) bond motifs is 1. The Bertz CT molecular complexity index is 1260. The molecule has 0 aromatic heterocycles. The van der Waals surface area contributed by atoms with E-state index in [2.05, 4.69) is 54.3 Å². The van der Waals surface area contributed by atoms with Gasteiger partial charge in [0.15, 0.2) is 11.6 Å². The van der Waals surface area contributed by atoms with Crippen molar-refractivity contribution in [2.24, 2.45) is 11.8 Å². The zero-order valence-electron chi connectivity index (χ0n) is 19.7. The molecule has 3 unspecified atom stereocenters. The van der Waals surface area contributed by atoms with E-state index in [4.69, 9.17) is 0 Å². The lowest BCUT2D eigenvalue weighted by molar-refractivity contribution is -0.275. The molecule has 0 bridgehead atoms. The van der Waals surface area contributed by atoms with Gasteiger partial charge in [-0.15, -0.1) is 19.8 Å². The van der Waals surface area contributed by atoms with Crippen LogP contribution in [-0.2, 0) is 0 Å². The van der Waals surface area contributed by atoms with Crippen LogP contribution in [-0.4, -0.2) is 6.36 Å². The second-order valence-electron chi connectivity index (χ2n) is 9.25. The first-order chi connectivity index (χ1) is 16.7. The molecule has 1 aliphatic carbocycles. The van der Waals surface area contributed by atoms with E-state index in [1.54, 1.807) is 0 Å². The van der Waals surface area contributed by atoms with Gasteiger partial charge in [0.2, 0.25) is 0 Å². The minimum absolute atomic E-state index is 0.268. The standard InChI is InChI=1S/C30H28F4O/c1-3-7-22-8-4-5-11-26(22)20(2)24-15-16-27-23(9-6-10-25(27)19-24)14-12-21-13-17-29(28(31)18-21)35-30(32,33)34/h3,6,9-10,13,15-20,22,26H,1,4-5,7-8,11H2,2H3. The highest BCUT2D eigenvalue weighted by molar-refractivity contribution is 5.89. The zero-order valence-corrected chi connectivity index (χ0v) is 19.7. The van der Waals surface area contributed by atoms with E-state index in [1.807, 2.05) is 18.2 Å².